The van der Waals surface area contributed by atoms with Crippen molar-refractivity contribution in [1.29, 1.82) is 0 Å². The lowest BCUT2D eigenvalue weighted by molar-refractivity contribution is 0.0816. The highest BCUT2D eigenvalue weighted by molar-refractivity contribution is 5.31. The van der Waals surface area contributed by atoms with Crippen LogP contribution in [0.3, 0.4) is 0 Å². The molecule has 0 aliphatic heterocycles. The molecule has 3 N–H and O–H groups in total. The average Bonchev–Trinajstić information content (AvgIpc) is 2.46. The van der Waals surface area contributed by atoms with Crippen LogP contribution in [0, 0.1) is 11.3 Å². The minimum Gasteiger partial charge on any atom is -0.497 e. The molecule has 1 aromatic rings. The van der Waals surface area contributed by atoms with Gasteiger partial charge in [-0.05, 0) is 43.0 Å². The van der Waals surface area contributed by atoms with E-state index < -0.39 is 0 Å². The molecule has 0 radical (unpaired) electrons. The fraction of sp³-hybridized carbons (Fsp3) is 0.625. The van der Waals surface area contributed by atoms with Crippen molar-refractivity contribution < 1.29 is 14.6 Å². The van der Waals surface area contributed by atoms with E-state index >= 15 is 0 Å². The number of methoxy groups -OCH3 is 1. The van der Waals surface area contributed by atoms with E-state index in [-0.39, 0.29) is 12.0 Å². The Labute approximate surface area is 121 Å². The summed E-state index contributed by atoms with van der Waals surface area (Å²) in [5.41, 5.74) is 5.62. The largest absolute Gasteiger partial charge is 0.497 e. The van der Waals surface area contributed by atoms with E-state index in [2.05, 4.69) is 13.8 Å². The van der Waals surface area contributed by atoms with Crippen LogP contribution in [0.2, 0.25) is 0 Å². The van der Waals surface area contributed by atoms with Crippen LogP contribution >= 0.6 is 0 Å². The van der Waals surface area contributed by atoms with Gasteiger partial charge in [0, 0.05) is 12.0 Å². The Bertz CT molecular complexity index is 372. The first-order valence-electron chi connectivity index (χ1n) is 7.13. The van der Waals surface area contributed by atoms with Gasteiger partial charge in [-0.2, -0.15) is 0 Å². The molecule has 0 fully saturated rings. The predicted molar refractivity (Wildman–Crippen MR) is 81.1 cm³/mol. The van der Waals surface area contributed by atoms with Crippen molar-refractivity contribution in [1.82, 2.24) is 0 Å². The van der Waals surface area contributed by atoms with E-state index in [1.54, 1.807) is 7.11 Å². The van der Waals surface area contributed by atoms with Gasteiger partial charge >= 0.3 is 0 Å². The molecule has 4 nitrogen and oxygen atoms in total. The van der Waals surface area contributed by atoms with Gasteiger partial charge in [0.15, 0.2) is 0 Å². The molecule has 0 aliphatic rings. The lowest BCUT2D eigenvalue weighted by atomic mass is 9.78. The molecule has 4 heteroatoms. The summed E-state index contributed by atoms with van der Waals surface area (Å²) in [5, 5.41) is 9.64. The van der Waals surface area contributed by atoms with Crippen LogP contribution in [0.4, 0.5) is 0 Å². The van der Waals surface area contributed by atoms with Gasteiger partial charge in [-0.3, -0.25) is 0 Å². The zero-order valence-corrected chi connectivity index (χ0v) is 12.8. The second-order valence-electron chi connectivity index (χ2n) is 5.73. The third-order valence-electron chi connectivity index (χ3n) is 3.57. The van der Waals surface area contributed by atoms with Crippen LogP contribution in [-0.2, 0) is 0 Å². The molecule has 114 valence electrons. The number of aliphatic hydroxyl groups excluding tert-OH is 1. The van der Waals surface area contributed by atoms with E-state index in [1.807, 2.05) is 24.3 Å². The van der Waals surface area contributed by atoms with Crippen LogP contribution in [-0.4, -0.2) is 32.0 Å². The normalized spacial score (nSPS) is 14.1. The molecule has 0 aliphatic carbocycles. The summed E-state index contributed by atoms with van der Waals surface area (Å²) in [5.74, 6) is 2.12. The number of benzene rings is 1. The quantitative estimate of drug-likeness (QED) is 0.729. The summed E-state index contributed by atoms with van der Waals surface area (Å²) in [6, 6.07) is 7.49. The summed E-state index contributed by atoms with van der Waals surface area (Å²) >= 11 is 0. The first-order valence-corrected chi connectivity index (χ1v) is 7.13. The van der Waals surface area contributed by atoms with Gasteiger partial charge in [-0.1, -0.05) is 13.8 Å². The standard InChI is InChI=1S/C16H27NO3/c1-13(2)10-16(11-17,12-18)8-9-20-15-6-4-14(19-3)5-7-15/h4-7,13,18H,8-12,17H2,1-3H3. The molecule has 0 saturated heterocycles. The van der Waals surface area contributed by atoms with Crippen LogP contribution in [0.1, 0.15) is 26.7 Å². The molecular formula is C16H27NO3. The van der Waals surface area contributed by atoms with Crippen molar-refractivity contribution in [3.63, 3.8) is 0 Å². The van der Waals surface area contributed by atoms with Crippen molar-refractivity contribution in [3.05, 3.63) is 24.3 Å². The van der Waals surface area contributed by atoms with E-state index in [9.17, 15) is 5.11 Å². The smallest absolute Gasteiger partial charge is 0.119 e. The van der Waals surface area contributed by atoms with Gasteiger partial charge in [-0.25, -0.2) is 0 Å². The molecule has 1 aromatic carbocycles. The summed E-state index contributed by atoms with van der Waals surface area (Å²) in [7, 11) is 1.64. The summed E-state index contributed by atoms with van der Waals surface area (Å²) in [6.45, 7) is 5.42. The number of hydrogen-bond acceptors (Lipinski definition) is 4. The number of hydrogen-bond donors (Lipinski definition) is 2. The van der Waals surface area contributed by atoms with Crippen LogP contribution in [0.5, 0.6) is 11.5 Å². The maximum atomic E-state index is 9.64. The van der Waals surface area contributed by atoms with Gasteiger partial charge in [-0.15, -0.1) is 0 Å². The Hall–Kier alpha value is -1.26. The van der Waals surface area contributed by atoms with Gasteiger partial charge in [0.1, 0.15) is 11.5 Å². The fourth-order valence-corrected chi connectivity index (χ4v) is 2.42. The number of rotatable bonds is 9. The Balaban J connectivity index is 2.50. The van der Waals surface area contributed by atoms with Crippen LogP contribution < -0.4 is 15.2 Å². The van der Waals surface area contributed by atoms with Crippen molar-refractivity contribution in [2.75, 3.05) is 26.9 Å². The fourth-order valence-electron chi connectivity index (χ4n) is 2.42. The van der Waals surface area contributed by atoms with Crippen molar-refractivity contribution in [3.8, 4) is 11.5 Å². The minimum absolute atomic E-state index is 0.105. The van der Waals surface area contributed by atoms with Gasteiger partial charge in [0.05, 0.1) is 20.3 Å². The third kappa shape index (κ3) is 5.02. The lowest BCUT2D eigenvalue weighted by Crippen LogP contribution is -2.37. The highest BCUT2D eigenvalue weighted by atomic mass is 16.5. The van der Waals surface area contributed by atoms with E-state index in [0.29, 0.717) is 19.1 Å². The van der Waals surface area contributed by atoms with Crippen molar-refractivity contribution in [2.45, 2.75) is 26.7 Å². The molecule has 0 amide bonds. The van der Waals surface area contributed by atoms with Gasteiger partial charge in [0.25, 0.3) is 0 Å². The molecule has 0 aromatic heterocycles. The zero-order chi connectivity index (χ0) is 15.0. The highest BCUT2D eigenvalue weighted by Gasteiger charge is 2.28. The van der Waals surface area contributed by atoms with E-state index in [4.69, 9.17) is 15.2 Å². The summed E-state index contributed by atoms with van der Waals surface area (Å²) in [4.78, 5) is 0. The Morgan fingerprint density at radius 3 is 2.25 bits per heavy atom. The topological polar surface area (TPSA) is 64.7 Å². The molecule has 0 bridgehead atoms. The maximum absolute atomic E-state index is 9.64. The summed E-state index contributed by atoms with van der Waals surface area (Å²) in [6.07, 6.45) is 1.66. The van der Waals surface area contributed by atoms with Crippen molar-refractivity contribution in [2.24, 2.45) is 17.1 Å². The zero-order valence-electron chi connectivity index (χ0n) is 12.8. The lowest BCUT2D eigenvalue weighted by Gasteiger charge is -2.32. The molecule has 0 spiro atoms. The molecule has 1 rings (SSSR count). The Morgan fingerprint density at radius 1 is 1.20 bits per heavy atom. The van der Waals surface area contributed by atoms with Crippen LogP contribution in [0.25, 0.3) is 0 Å². The third-order valence-corrected chi connectivity index (χ3v) is 3.57. The van der Waals surface area contributed by atoms with Crippen molar-refractivity contribution >= 4 is 0 Å². The second kappa shape index (κ2) is 8.12. The number of aliphatic hydroxyl groups is 1. The Kier molecular flexibility index (Phi) is 6.82. The number of ether oxygens (including phenoxy) is 2. The molecule has 1 unspecified atom stereocenters. The van der Waals surface area contributed by atoms with Gasteiger partial charge in [0.2, 0.25) is 0 Å². The average molecular weight is 281 g/mol. The van der Waals surface area contributed by atoms with Crippen LogP contribution in [0.15, 0.2) is 24.3 Å². The first-order chi connectivity index (χ1) is 9.55. The molecule has 0 heterocycles. The first kappa shape index (κ1) is 16.8. The highest BCUT2D eigenvalue weighted by Crippen LogP contribution is 2.29. The monoisotopic (exact) mass is 281 g/mol. The Morgan fingerprint density at radius 2 is 1.80 bits per heavy atom. The molecule has 20 heavy (non-hydrogen) atoms. The molecular weight excluding hydrogens is 254 g/mol. The molecule has 1 atom stereocenters. The second-order valence-corrected chi connectivity index (χ2v) is 5.73. The predicted octanol–water partition coefficient (Wildman–Crippen LogP) is 2.45. The SMILES string of the molecule is COc1ccc(OCCC(CN)(CO)CC(C)C)cc1. The number of nitrogens with two attached hydrogens (primary N) is 1. The van der Waals surface area contributed by atoms with E-state index in [1.165, 1.54) is 0 Å². The summed E-state index contributed by atoms with van der Waals surface area (Å²) < 4.78 is 10.8. The van der Waals surface area contributed by atoms with E-state index in [0.717, 1.165) is 24.3 Å². The molecule has 0 saturated carbocycles. The maximum Gasteiger partial charge on any atom is 0.119 e. The minimum atomic E-state index is -0.235. The van der Waals surface area contributed by atoms with Gasteiger partial charge < -0.3 is 20.3 Å².